The predicted molar refractivity (Wildman–Crippen MR) is 59.3 cm³/mol. The summed E-state index contributed by atoms with van der Waals surface area (Å²) in [6.45, 7) is 2.30. The molecule has 0 heterocycles. The van der Waals surface area contributed by atoms with Crippen LogP contribution in [-0.4, -0.2) is 53.7 Å². The summed E-state index contributed by atoms with van der Waals surface area (Å²) in [6.07, 6.45) is 4.00. The van der Waals surface area contributed by atoms with Crippen LogP contribution in [0, 0.1) is 0 Å². The Kier molecular flexibility index (Phi) is 6.33. The Labute approximate surface area is 79.1 Å². The van der Waals surface area contributed by atoms with Gasteiger partial charge in [0, 0.05) is 9.52 Å². The molecule has 0 atom stereocenters. The highest BCUT2D eigenvalue weighted by Gasteiger charge is 2.10. The normalized spacial score (nSPS) is 13.7. The predicted octanol–water partition coefficient (Wildman–Crippen LogP) is 0.556. The summed E-state index contributed by atoms with van der Waals surface area (Å²) in [5, 5.41) is 0. The van der Waals surface area contributed by atoms with E-state index in [1.165, 1.54) is 0 Å². The van der Waals surface area contributed by atoms with Crippen LogP contribution in [-0.2, 0) is 0 Å². The first kappa shape index (κ1) is 11.9. The van der Waals surface area contributed by atoms with Crippen LogP contribution in [0.25, 0.3) is 0 Å². The lowest BCUT2D eigenvalue weighted by atomic mass is 10.3. The molecule has 0 unspecified atom stereocenters. The lowest BCUT2D eigenvalue weighted by Gasteiger charge is -2.29. The van der Waals surface area contributed by atoms with E-state index < -0.39 is 0 Å². The van der Waals surface area contributed by atoms with E-state index in [2.05, 4.69) is 56.3 Å². The third kappa shape index (κ3) is 4.69. The Morgan fingerprint density at radius 1 is 1.17 bits per heavy atom. The van der Waals surface area contributed by atoms with Gasteiger partial charge in [0.1, 0.15) is 0 Å². The molecule has 0 rings (SSSR count). The summed E-state index contributed by atoms with van der Waals surface area (Å²) in [4.78, 5) is 4.50. The van der Waals surface area contributed by atoms with Crippen LogP contribution >= 0.6 is 0 Å². The summed E-state index contributed by atoms with van der Waals surface area (Å²) in [7, 11) is 8.61. The van der Waals surface area contributed by atoms with E-state index in [-0.39, 0.29) is 9.52 Å². The fourth-order valence-electron chi connectivity index (χ4n) is 1.27. The summed E-state index contributed by atoms with van der Waals surface area (Å²) < 4.78 is 0. The van der Waals surface area contributed by atoms with E-state index in [1.807, 2.05) is 0 Å². The topological polar surface area (TPSA) is 6.48 Å². The summed E-state index contributed by atoms with van der Waals surface area (Å²) in [5.41, 5.74) is 2.36. The van der Waals surface area contributed by atoms with Crippen molar-refractivity contribution < 1.29 is 0 Å². The lowest BCUT2D eigenvalue weighted by molar-refractivity contribution is 0.132. The molecule has 0 fully saturated rings. The fourth-order valence-corrected chi connectivity index (χ4v) is 1.79. The highest BCUT2D eigenvalue weighted by atomic mass is 28.2. The van der Waals surface area contributed by atoms with E-state index in [9.17, 15) is 0 Å². The molecule has 0 aromatic heterocycles. The molecule has 0 radical (unpaired) electrons. The van der Waals surface area contributed by atoms with Crippen LogP contribution in [0.1, 0.15) is 6.42 Å². The van der Waals surface area contributed by atoms with Gasteiger partial charge in [-0.25, -0.2) is 0 Å². The minimum atomic E-state index is 0.104. The van der Waals surface area contributed by atoms with Crippen molar-refractivity contribution in [3.05, 3.63) is 11.8 Å². The van der Waals surface area contributed by atoms with Crippen LogP contribution in [0.3, 0.4) is 0 Å². The van der Waals surface area contributed by atoms with Crippen molar-refractivity contribution in [2.75, 3.05) is 28.2 Å². The maximum Gasteiger partial charge on any atom is 0.0647 e. The zero-order valence-corrected chi connectivity index (χ0v) is 10.5. The van der Waals surface area contributed by atoms with Crippen LogP contribution in [0.4, 0.5) is 0 Å². The molecule has 2 nitrogen and oxygen atoms in total. The van der Waals surface area contributed by atoms with Gasteiger partial charge in [0.15, 0.2) is 0 Å². The lowest BCUT2D eigenvalue weighted by Crippen LogP contribution is -2.40. The Balaban J connectivity index is 3.88. The molecule has 0 spiro atoms. The SMILES string of the molecule is C[SiH2]C=CCC(N(C)C)N(C)C. The average Bonchev–Trinajstić information content (AvgIpc) is 1.96. The van der Waals surface area contributed by atoms with Crippen LogP contribution in [0.5, 0.6) is 0 Å². The number of hydrogen-bond acceptors (Lipinski definition) is 2. The van der Waals surface area contributed by atoms with Crippen molar-refractivity contribution in [2.45, 2.75) is 19.1 Å². The molecular weight excluding hydrogens is 164 g/mol. The van der Waals surface area contributed by atoms with Crippen molar-refractivity contribution in [2.24, 2.45) is 0 Å². The molecule has 0 aliphatic rings. The number of nitrogens with zero attached hydrogens (tertiary/aromatic N) is 2. The molecule has 0 aromatic rings. The van der Waals surface area contributed by atoms with Crippen molar-refractivity contribution in [1.82, 2.24) is 9.80 Å². The van der Waals surface area contributed by atoms with Gasteiger partial charge >= 0.3 is 0 Å². The quantitative estimate of drug-likeness (QED) is 0.457. The second-order valence-corrected chi connectivity index (χ2v) is 4.81. The van der Waals surface area contributed by atoms with Crippen molar-refractivity contribution in [3.63, 3.8) is 0 Å². The van der Waals surface area contributed by atoms with E-state index in [0.29, 0.717) is 6.17 Å². The maximum atomic E-state index is 2.36. The first-order chi connectivity index (χ1) is 5.59. The van der Waals surface area contributed by atoms with Crippen LogP contribution < -0.4 is 0 Å². The minimum Gasteiger partial charge on any atom is -0.294 e. The van der Waals surface area contributed by atoms with Crippen LogP contribution in [0.15, 0.2) is 11.8 Å². The second kappa shape index (κ2) is 6.40. The first-order valence-corrected chi connectivity index (χ1v) is 6.80. The van der Waals surface area contributed by atoms with Crippen molar-refractivity contribution in [1.29, 1.82) is 0 Å². The molecule has 12 heavy (non-hydrogen) atoms. The molecule has 0 saturated heterocycles. The van der Waals surface area contributed by atoms with Gasteiger partial charge in [-0.2, -0.15) is 0 Å². The third-order valence-electron chi connectivity index (χ3n) is 1.94. The van der Waals surface area contributed by atoms with E-state index in [4.69, 9.17) is 0 Å². The monoisotopic (exact) mass is 186 g/mol. The summed E-state index contributed by atoms with van der Waals surface area (Å²) in [6, 6.07) is 0. The van der Waals surface area contributed by atoms with Crippen LogP contribution in [0.2, 0.25) is 6.55 Å². The Morgan fingerprint density at radius 3 is 2.00 bits per heavy atom. The fraction of sp³-hybridized carbons (Fsp3) is 0.778. The van der Waals surface area contributed by atoms with Gasteiger partial charge in [-0.1, -0.05) is 12.6 Å². The highest BCUT2D eigenvalue weighted by Crippen LogP contribution is 2.02. The van der Waals surface area contributed by atoms with Gasteiger partial charge in [-0.05, 0) is 34.6 Å². The van der Waals surface area contributed by atoms with Crippen molar-refractivity contribution in [3.8, 4) is 0 Å². The summed E-state index contributed by atoms with van der Waals surface area (Å²) >= 11 is 0. The molecule has 72 valence electrons. The molecule has 0 aliphatic heterocycles. The molecular formula is C9H22N2Si. The second-order valence-electron chi connectivity index (χ2n) is 3.52. The smallest absolute Gasteiger partial charge is 0.0647 e. The molecule has 0 bridgehead atoms. The van der Waals surface area contributed by atoms with Crippen molar-refractivity contribution >= 4 is 9.52 Å². The minimum absolute atomic E-state index is 0.104. The van der Waals surface area contributed by atoms with Gasteiger partial charge in [0.2, 0.25) is 0 Å². The summed E-state index contributed by atoms with van der Waals surface area (Å²) in [5.74, 6) is 0. The van der Waals surface area contributed by atoms with Gasteiger partial charge in [-0.15, -0.1) is 5.70 Å². The standard InChI is InChI=1S/C9H22N2Si/c1-10(2)9(11(3)4)7-6-8-12-5/h6,8-9H,7,12H2,1-5H3. The average molecular weight is 186 g/mol. The molecule has 0 aliphatic carbocycles. The molecule has 0 aromatic carbocycles. The molecule has 0 saturated carbocycles. The zero-order valence-electron chi connectivity index (χ0n) is 9.04. The van der Waals surface area contributed by atoms with Gasteiger partial charge < -0.3 is 0 Å². The first-order valence-electron chi connectivity index (χ1n) is 4.57. The van der Waals surface area contributed by atoms with Gasteiger partial charge in [0.25, 0.3) is 0 Å². The molecule has 3 heteroatoms. The third-order valence-corrected chi connectivity index (χ3v) is 2.75. The largest absolute Gasteiger partial charge is 0.294 e. The zero-order chi connectivity index (χ0) is 9.56. The number of rotatable bonds is 5. The van der Waals surface area contributed by atoms with E-state index in [1.54, 1.807) is 0 Å². The Morgan fingerprint density at radius 2 is 1.67 bits per heavy atom. The molecule has 0 N–H and O–H groups in total. The maximum absolute atomic E-state index is 2.36. The Hall–Kier alpha value is -0.123. The van der Waals surface area contributed by atoms with E-state index >= 15 is 0 Å². The van der Waals surface area contributed by atoms with Gasteiger partial charge in [0.05, 0.1) is 6.17 Å². The molecule has 0 amide bonds. The number of hydrogen-bond donors (Lipinski definition) is 0. The Bertz CT molecular complexity index is 124. The van der Waals surface area contributed by atoms with E-state index in [0.717, 1.165) is 6.42 Å². The van der Waals surface area contributed by atoms with Gasteiger partial charge in [-0.3, -0.25) is 9.80 Å². The highest BCUT2D eigenvalue weighted by molar-refractivity contribution is 6.40.